The number of nitrogens with zero attached hydrogens (tertiary/aromatic N) is 3. The van der Waals surface area contributed by atoms with E-state index in [1.165, 1.54) is 11.3 Å². The Morgan fingerprint density at radius 2 is 2.20 bits per heavy atom. The molecule has 1 aliphatic rings. The first-order valence-electron chi connectivity index (χ1n) is 6.05. The largest absolute Gasteiger partial charge is 0.299 e. The summed E-state index contributed by atoms with van der Waals surface area (Å²) in [5.74, 6) is 0.0405. The van der Waals surface area contributed by atoms with Crippen LogP contribution in [0.2, 0.25) is 0 Å². The van der Waals surface area contributed by atoms with Gasteiger partial charge < -0.3 is 0 Å². The first-order valence-corrected chi connectivity index (χ1v) is 6.87. The molecule has 9 heteroatoms. The van der Waals surface area contributed by atoms with Gasteiger partial charge >= 0.3 is 0 Å². The fourth-order valence-electron chi connectivity index (χ4n) is 1.66. The zero-order valence-corrected chi connectivity index (χ0v) is 11.1. The van der Waals surface area contributed by atoms with Crippen molar-refractivity contribution in [2.75, 3.05) is 5.32 Å². The molecule has 1 amide bonds. The summed E-state index contributed by atoms with van der Waals surface area (Å²) in [6.45, 7) is -0.271. The molecule has 1 saturated carbocycles. The van der Waals surface area contributed by atoms with E-state index in [0.717, 1.165) is 34.7 Å². The van der Waals surface area contributed by atoms with E-state index >= 15 is 0 Å². The molecule has 0 atom stereocenters. The summed E-state index contributed by atoms with van der Waals surface area (Å²) in [7, 11) is 0. The maximum atomic E-state index is 11.8. The van der Waals surface area contributed by atoms with Gasteiger partial charge in [-0.1, -0.05) is 11.3 Å². The van der Waals surface area contributed by atoms with E-state index in [9.17, 15) is 14.4 Å². The Balaban J connectivity index is 1.68. The summed E-state index contributed by atoms with van der Waals surface area (Å²) in [6.07, 6.45) is 2.23. The Labute approximate surface area is 116 Å². The molecule has 3 rings (SSSR count). The van der Waals surface area contributed by atoms with Crippen LogP contribution >= 0.6 is 11.3 Å². The summed E-state index contributed by atoms with van der Waals surface area (Å²) >= 11 is 1.34. The zero-order chi connectivity index (χ0) is 14.1. The van der Waals surface area contributed by atoms with Crippen molar-refractivity contribution >= 4 is 22.4 Å². The Bertz CT molecular complexity index is 758. The van der Waals surface area contributed by atoms with Crippen LogP contribution in [0.5, 0.6) is 0 Å². The highest BCUT2D eigenvalue weighted by Gasteiger charge is 2.27. The molecule has 20 heavy (non-hydrogen) atoms. The van der Waals surface area contributed by atoms with E-state index in [1.807, 2.05) is 0 Å². The molecule has 2 aromatic heterocycles. The van der Waals surface area contributed by atoms with Crippen molar-refractivity contribution < 1.29 is 4.79 Å². The second kappa shape index (κ2) is 5.00. The van der Waals surface area contributed by atoms with Crippen LogP contribution < -0.4 is 16.4 Å². The molecule has 0 bridgehead atoms. The van der Waals surface area contributed by atoms with Gasteiger partial charge in [0, 0.05) is 18.1 Å². The molecule has 2 N–H and O–H groups in total. The van der Waals surface area contributed by atoms with Crippen LogP contribution in [0.1, 0.15) is 23.8 Å². The van der Waals surface area contributed by atoms with E-state index in [0.29, 0.717) is 11.0 Å². The number of H-pyrrole nitrogens is 1. The molecular formula is C11H11N5O3S. The molecule has 0 spiro atoms. The van der Waals surface area contributed by atoms with Crippen molar-refractivity contribution in [1.29, 1.82) is 0 Å². The Morgan fingerprint density at radius 3 is 2.95 bits per heavy atom. The maximum absolute atomic E-state index is 11.8. The van der Waals surface area contributed by atoms with Crippen LogP contribution in [-0.4, -0.2) is 25.9 Å². The fraction of sp³-hybridized carbons (Fsp3) is 0.364. The average molecular weight is 293 g/mol. The number of rotatable bonds is 4. The second-order valence-corrected chi connectivity index (χ2v) is 5.51. The highest BCUT2D eigenvalue weighted by molar-refractivity contribution is 7.15. The van der Waals surface area contributed by atoms with Crippen LogP contribution in [0.3, 0.4) is 0 Å². The van der Waals surface area contributed by atoms with E-state index in [1.54, 1.807) is 0 Å². The minimum atomic E-state index is -0.448. The molecule has 0 aromatic carbocycles. The van der Waals surface area contributed by atoms with Crippen molar-refractivity contribution in [3.8, 4) is 0 Å². The second-order valence-electron chi connectivity index (χ2n) is 4.50. The summed E-state index contributed by atoms with van der Waals surface area (Å²) < 4.78 is 0.945. The third-order valence-electron chi connectivity index (χ3n) is 2.80. The highest BCUT2D eigenvalue weighted by atomic mass is 32.1. The fourth-order valence-corrected chi connectivity index (χ4v) is 2.59. The quantitative estimate of drug-likeness (QED) is 0.818. The number of amides is 1. The monoisotopic (exact) mass is 293 g/mol. The van der Waals surface area contributed by atoms with Crippen LogP contribution in [0.25, 0.3) is 0 Å². The number of carbonyl (C=O) groups is 1. The summed E-state index contributed by atoms with van der Waals surface area (Å²) in [6, 6.07) is 2.23. The zero-order valence-electron chi connectivity index (χ0n) is 10.3. The number of hydrogen-bond acceptors (Lipinski definition) is 6. The van der Waals surface area contributed by atoms with Crippen molar-refractivity contribution in [3.05, 3.63) is 37.8 Å². The third kappa shape index (κ3) is 2.82. The van der Waals surface area contributed by atoms with E-state index in [4.69, 9.17) is 0 Å². The van der Waals surface area contributed by atoms with Crippen LogP contribution in [0, 0.1) is 0 Å². The van der Waals surface area contributed by atoms with Gasteiger partial charge in [0.25, 0.3) is 11.1 Å². The lowest BCUT2D eigenvalue weighted by Crippen LogP contribution is -2.32. The highest BCUT2D eigenvalue weighted by Crippen LogP contribution is 2.41. The lowest BCUT2D eigenvalue weighted by molar-refractivity contribution is -0.117. The number of carbonyl (C=O) groups excluding carboxylic acids is 1. The normalized spacial score (nSPS) is 14.2. The number of anilines is 1. The Kier molecular flexibility index (Phi) is 3.18. The molecule has 2 heterocycles. The summed E-state index contributed by atoms with van der Waals surface area (Å²) in [5, 5.41) is 14.0. The number of nitrogens with one attached hydrogen (secondary N) is 2. The van der Waals surface area contributed by atoms with Crippen molar-refractivity contribution in [2.24, 2.45) is 0 Å². The van der Waals surface area contributed by atoms with E-state index in [-0.39, 0.29) is 6.54 Å². The summed E-state index contributed by atoms with van der Waals surface area (Å²) in [4.78, 5) is 34.3. The van der Waals surface area contributed by atoms with Gasteiger partial charge in [-0.3, -0.25) is 24.8 Å². The lowest BCUT2D eigenvalue weighted by atomic mass is 10.5. The van der Waals surface area contributed by atoms with Gasteiger partial charge in [0.05, 0.1) is 0 Å². The number of aromatic nitrogens is 4. The van der Waals surface area contributed by atoms with Crippen molar-refractivity contribution in [1.82, 2.24) is 20.0 Å². The number of aromatic amines is 1. The number of hydrogen-bond donors (Lipinski definition) is 2. The average Bonchev–Trinajstić information content (AvgIpc) is 3.15. The molecule has 0 aliphatic heterocycles. The van der Waals surface area contributed by atoms with E-state index < -0.39 is 17.0 Å². The predicted molar refractivity (Wildman–Crippen MR) is 71.8 cm³/mol. The van der Waals surface area contributed by atoms with Gasteiger partial charge in [0.1, 0.15) is 11.6 Å². The van der Waals surface area contributed by atoms with Gasteiger partial charge in [-0.05, 0) is 12.8 Å². The van der Waals surface area contributed by atoms with E-state index in [2.05, 4.69) is 20.6 Å². The minimum absolute atomic E-state index is 0.271. The van der Waals surface area contributed by atoms with Gasteiger partial charge in [0.2, 0.25) is 11.0 Å². The molecule has 1 aliphatic carbocycles. The van der Waals surface area contributed by atoms with Gasteiger partial charge in [0.15, 0.2) is 0 Å². The molecule has 0 radical (unpaired) electrons. The van der Waals surface area contributed by atoms with Crippen LogP contribution in [0.15, 0.2) is 21.7 Å². The maximum Gasteiger partial charge on any atom is 0.265 e. The lowest BCUT2D eigenvalue weighted by Gasteiger charge is -2.03. The summed E-state index contributed by atoms with van der Waals surface area (Å²) in [5.41, 5.74) is -0.889. The Morgan fingerprint density at radius 1 is 1.40 bits per heavy atom. The smallest absolute Gasteiger partial charge is 0.265 e. The van der Waals surface area contributed by atoms with Crippen LogP contribution in [0.4, 0.5) is 5.13 Å². The Hall–Kier alpha value is -2.29. The van der Waals surface area contributed by atoms with Gasteiger partial charge in [-0.2, -0.15) is 0 Å². The molecule has 1 fully saturated rings. The minimum Gasteiger partial charge on any atom is -0.299 e. The van der Waals surface area contributed by atoms with Crippen molar-refractivity contribution in [2.45, 2.75) is 25.3 Å². The van der Waals surface area contributed by atoms with Crippen LogP contribution in [-0.2, 0) is 11.3 Å². The van der Waals surface area contributed by atoms with Gasteiger partial charge in [-0.25, -0.2) is 4.68 Å². The predicted octanol–water partition coefficient (Wildman–Crippen LogP) is -0.0958. The standard InChI is InChI=1S/C11H11N5O3S/c17-7-3-4-9(19)16(15-7)5-8(18)12-11-14-13-10(20-11)6-1-2-6/h3-4,6H,1-2,5H2,(H,15,17)(H,12,14,18). The first-order chi connectivity index (χ1) is 9.61. The third-order valence-corrected chi connectivity index (χ3v) is 3.80. The topological polar surface area (TPSA) is 110 Å². The van der Waals surface area contributed by atoms with Gasteiger partial charge in [-0.15, -0.1) is 10.2 Å². The SMILES string of the molecule is O=C(Cn1[nH]c(=O)ccc1=O)Nc1nnc(C2CC2)s1. The molecule has 2 aromatic rings. The molecule has 8 nitrogen and oxygen atoms in total. The molecule has 0 saturated heterocycles. The molecule has 0 unspecified atom stereocenters. The van der Waals surface area contributed by atoms with Crippen molar-refractivity contribution in [3.63, 3.8) is 0 Å². The first kappa shape index (κ1) is 12.7. The molecule has 104 valence electrons. The molecular weight excluding hydrogens is 282 g/mol.